The van der Waals surface area contributed by atoms with Crippen molar-refractivity contribution < 1.29 is 4.39 Å². The van der Waals surface area contributed by atoms with Crippen molar-refractivity contribution in [2.45, 2.75) is 6.92 Å². The van der Waals surface area contributed by atoms with Crippen LogP contribution in [0.3, 0.4) is 0 Å². The second-order valence-electron chi connectivity index (χ2n) is 2.03. The molecule has 0 saturated carbocycles. The Balaban J connectivity index is 3.27. The third kappa shape index (κ3) is 1.05. The van der Waals surface area contributed by atoms with E-state index in [1.807, 2.05) is 0 Å². The third-order valence-corrected chi connectivity index (χ3v) is 1.30. The second-order valence-corrected chi connectivity index (χ2v) is 2.03. The summed E-state index contributed by atoms with van der Waals surface area (Å²) in [6, 6.07) is 1.63. The van der Waals surface area contributed by atoms with Gasteiger partial charge in [-0.05, 0) is 24.6 Å². The summed E-state index contributed by atoms with van der Waals surface area (Å²) < 4.78 is 12.9. The second kappa shape index (κ2) is 2.60. The first-order chi connectivity index (χ1) is 4.75. The predicted molar refractivity (Wildman–Crippen MR) is 39.0 cm³/mol. The number of rotatable bonds is 1. The molecule has 1 aromatic rings. The van der Waals surface area contributed by atoms with Crippen LogP contribution < -0.4 is 0 Å². The number of aryl methyl sites for hydroxylation is 1. The highest BCUT2D eigenvalue weighted by atomic mass is 19.1. The molecule has 0 N–H and O–H groups in total. The largest absolute Gasteiger partial charge is 0.254 e. The molecule has 0 radical (unpaired) electrons. The van der Waals surface area contributed by atoms with Gasteiger partial charge in [0, 0.05) is 6.20 Å². The van der Waals surface area contributed by atoms with Crippen LogP contribution in [0.25, 0.3) is 6.08 Å². The molecule has 1 rings (SSSR count). The highest BCUT2D eigenvalue weighted by molar-refractivity contribution is 5.43. The Morgan fingerprint density at radius 1 is 1.70 bits per heavy atom. The molecule has 0 aliphatic rings. The van der Waals surface area contributed by atoms with E-state index in [4.69, 9.17) is 0 Å². The van der Waals surface area contributed by atoms with Crippen LogP contribution in [0, 0.1) is 12.7 Å². The minimum Gasteiger partial charge on any atom is -0.254 e. The molecule has 0 aliphatic carbocycles. The molecule has 0 fully saturated rings. The van der Waals surface area contributed by atoms with Crippen LogP contribution in [0.4, 0.5) is 4.39 Å². The number of hydrogen-bond acceptors (Lipinski definition) is 1. The lowest BCUT2D eigenvalue weighted by molar-refractivity contribution is 0.608. The summed E-state index contributed by atoms with van der Waals surface area (Å²) in [7, 11) is 0. The summed E-state index contributed by atoms with van der Waals surface area (Å²) in [6.45, 7) is 5.13. The molecular weight excluding hydrogens is 129 g/mol. The summed E-state index contributed by atoms with van der Waals surface area (Å²) in [5, 5.41) is 0. The van der Waals surface area contributed by atoms with Gasteiger partial charge in [0.2, 0.25) is 0 Å². The average Bonchev–Trinajstić information content (AvgIpc) is 1.95. The molecule has 0 bridgehead atoms. The number of aromatic nitrogens is 1. The summed E-state index contributed by atoms with van der Waals surface area (Å²) in [6.07, 6.45) is 2.97. The average molecular weight is 137 g/mol. The van der Waals surface area contributed by atoms with Crippen LogP contribution in [0.1, 0.15) is 11.3 Å². The molecule has 2 heteroatoms. The zero-order chi connectivity index (χ0) is 7.56. The van der Waals surface area contributed by atoms with Gasteiger partial charge in [0.25, 0.3) is 0 Å². The minimum absolute atomic E-state index is 0.280. The fourth-order valence-electron chi connectivity index (χ4n) is 0.704. The molecule has 0 amide bonds. The van der Waals surface area contributed by atoms with Crippen molar-refractivity contribution in [3.05, 3.63) is 35.9 Å². The number of nitrogens with zero attached hydrogens (tertiary/aromatic N) is 1. The number of halogens is 1. The number of pyridine rings is 1. The summed E-state index contributed by atoms with van der Waals surface area (Å²) in [4.78, 5) is 3.76. The maximum absolute atomic E-state index is 12.9. The van der Waals surface area contributed by atoms with Gasteiger partial charge < -0.3 is 0 Å². The van der Waals surface area contributed by atoms with E-state index in [-0.39, 0.29) is 5.82 Å². The Morgan fingerprint density at radius 2 is 2.40 bits per heavy atom. The minimum atomic E-state index is -0.280. The Morgan fingerprint density at radius 3 is 2.90 bits per heavy atom. The van der Waals surface area contributed by atoms with Gasteiger partial charge in [-0.2, -0.15) is 0 Å². The Kier molecular flexibility index (Phi) is 1.81. The van der Waals surface area contributed by atoms with Crippen molar-refractivity contribution in [1.29, 1.82) is 0 Å². The van der Waals surface area contributed by atoms with E-state index in [1.165, 1.54) is 6.08 Å². The molecule has 0 aromatic carbocycles. The van der Waals surface area contributed by atoms with Gasteiger partial charge in [0.05, 0.1) is 5.69 Å². The van der Waals surface area contributed by atoms with Crippen molar-refractivity contribution in [3.63, 3.8) is 0 Å². The predicted octanol–water partition coefficient (Wildman–Crippen LogP) is 2.17. The van der Waals surface area contributed by atoms with Crippen LogP contribution in [-0.4, -0.2) is 4.98 Å². The van der Waals surface area contributed by atoms with Crippen LogP contribution in [0.2, 0.25) is 0 Å². The summed E-state index contributed by atoms with van der Waals surface area (Å²) in [5.74, 6) is -0.280. The van der Waals surface area contributed by atoms with Crippen molar-refractivity contribution >= 4 is 6.08 Å². The fourth-order valence-corrected chi connectivity index (χ4v) is 0.704. The molecule has 0 saturated heterocycles. The highest BCUT2D eigenvalue weighted by Gasteiger charge is 2.00. The van der Waals surface area contributed by atoms with E-state index in [9.17, 15) is 4.39 Å². The molecule has 10 heavy (non-hydrogen) atoms. The molecule has 0 aliphatic heterocycles. The lowest BCUT2D eigenvalue weighted by Crippen LogP contribution is -1.89. The molecule has 1 nitrogen and oxygen atoms in total. The van der Waals surface area contributed by atoms with Crippen molar-refractivity contribution in [3.8, 4) is 0 Å². The first kappa shape index (κ1) is 6.93. The monoisotopic (exact) mass is 137 g/mol. The zero-order valence-electron chi connectivity index (χ0n) is 5.76. The Hall–Kier alpha value is -1.18. The quantitative estimate of drug-likeness (QED) is 0.578. The van der Waals surface area contributed by atoms with Gasteiger partial charge in [-0.3, -0.25) is 4.98 Å². The summed E-state index contributed by atoms with van der Waals surface area (Å²) >= 11 is 0. The van der Waals surface area contributed by atoms with Crippen LogP contribution in [0.5, 0.6) is 0 Å². The van der Waals surface area contributed by atoms with Crippen molar-refractivity contribution in [2.24, 2.45) is 0 Å². The van der Waals surface area contributed by atoms with E-state index in [0.29, 0.717) is 11.3 Å². The van der Waals surface area contributed by atoms with Crippen molar-refractivity contribution in [1.82, 2.24) is 4.98 Å². The highest BCUT2D eigenvalue weighted by Crippen LogP contribution is 2.08. The van der Waals surface area contributed by atoms with Gasteiger partial charge in [-0.15, -0.1) is 0 Å². The Labute approximate surface area is 59.2 Å². The van der Waals surface area contributed by atoms with Crippen LogP contribution in [0.15, 0.2) is 18.8 Å². The van der Waals surface area contributed by atoms with E-state index in [1.54, 1.807) is 19.2 Å². The smallest absolute Gasteiger partial charge is 0.151 e. The van der Waals surface area contributed by atoms with E-state index < -0.39 is 0 Å². The van der Waals surface area contributed by atoms with Gasteiger partial charge in [0.15, 0.2) is 5.82 Å². The van der Waals surface area contributed by atoms with E-state index in [0.717, 1.165) is 0 Å². The molecular formula is C8H8FN. The summed E-state index contributed by atoms with van der Waals surface area (Å²) in [5.41, 5.74) is 0.921. The normalized spacial score (nSPS) is 9.40. The topological polar surface area (TPSA) is 12.9 Å². The molecule has 1 aromatic heterocycles. The van der Waals surface area contributed by atoms with Gasteiger partial charge >= 0.3 is 0 Å². The van der Waals surface area contributed by atoms with Gasteiger partial charge in [0.1, 0.15) is 0 Å². The molecule has 0 unspecified atom stereocenters. The first-order valence-electron chi connectivity index (χ1n) is 2.99. The molecule has 0 atom stereocenters. The number of hydrogen-bond donors (Lipinski definition) is 0. The standard InChI is InChI=1S/C8H8FN/c1-3-7-8(9)6(2)4-5-10-7/h3-5H,1H2,2H3. The molecule has 0 spiro atoms. The van der Waals surface area contributed by atoms with E-state index in [2.05, 4.69) is 11.6 Å². The van der Waals surface area contributed by atoms with Gasteiger partial charge in [-0.25, -0.2) is 4.39 Å². The fraction of sp³-hybridized carbons (Fsp3) is 0.125. The van der Waals surface area contributed by atoms with E-state index >= 15 is 0 Å². The lowest BCUT2D eigenvalue weighted by Gasteiger charge is -1.96. The van der Waals surface area contributed by atoms with Crippen LogP contribution >= 0.6 is 0 Å². The van der Waals surface area contributed by atoms with Gasteiger partial charge in [-0.1, -0.05) is 6.58 Å². The first-order valence-corrected chi connectivity index (χ1v) is 2.99. The van der Waals surface area contributed by atoms with Crippen LogP contribution in [-0.2, 0) is 0 Å². The lowest BCUT2D eigenvalue weighted by atomic mass is 10.2. The Bertz CT molecular complexity index is 255. The third-order valence-electron chi connectivity index (χ3n) is 1.30. The maximum atomic E-state index is 12.9. The SMILES string of the molecule is C=Cc1nccc(C)c1F. The molecule has 52 valence electrons. The van der Waals surface area contributed by atoms with Crippen molar-refractivity contribution in [2.75, 3.05) is 0 Å². The zero-order valence-corrected chi connectivity index (χ0v) is 5.76. The maximum Gasteiger partial charge on any atom is 0.151 e. The molecule has 1 heterocycles.